The van der Waals surface area contributed by atoms with Gasteiger partial charge in [0, 0.05) is 51.4 Å². The zero-order chi connectivity index (χ0) is 20.1. The second kappa shape index (κ2) is 9.20. The molecule has 1 aromatic carbocycles. The minimum Gasteiger partial charge on any atom is -0.493 e. The number of nitrogens with zero attached hydrogens (tertiary/aromatic N) is 4. The molecule has 2 N–H and O–H groups in total. The van der Waals surface area contributed by atoms with Crippen molar-refractivity contribution in [1.82, 2.24) is 20.4 Å². The van der Waals surface area contributed by atoms with Crippen LogP contribution in [0.4, 0.5) is 5.69 Å². The van der Waals surface area contributed by atoms with Crippen molar-refractivity contribution in [1.29, 1.82) is 0 Å². The molecule has 0 radical (unpaired) electrons. The van der Waals surface area contributed by atoms with Crippen molar-refractivity contribution in [3.8, 4) is 5.75 Å². The second-order valence-corrected chi connectivity index (χ2v) is 7.89. The number of benzene rings is 1. The molecule has 29 heavy (non-hydrogen) atoms. The van der Waals surface area contributed by atoms with Crippen LogP contribution >= 0.6 is 0 Å². The quantitative estimate of drug-likeness (QED) is 0.601. The smallest absolute Gasteiger partial charge is 0.191 e. The molecular formula is C22H32N6O. The number of piperidine rings is 1. The predicted octanol–water partition coefficient (Wildman–Crippen LogP) is 2.51. The van der Waals surface area contributed by atoms with Gasteiger partial charge in [0.15, 0.2) is 5.96 Å². The first-order valence-electron chi connectivity index (χ1n) is 10.7. The van der Waals surface area contributed by atoms with Gasteiger partial charge in [-0.05, 0) is 37.8 Å². The lowest BCUT2D eigenvalue weighted by Gasteiger charge is -2.34. The van der Waals surface area contributed by atoms with Crippen LogP contribution in [0.1, 0.15) is 37.7 Å². The fourth-order valence-electron chi connectivity index (χ4n) is 4.22. The summed E-state index contributed by atoms with van der Waals surface area (Å²) in [7, 11) is 1.97. The van der Waals surface area contributed by atoms with Crippen molar-refractivity contribution in [3.05, 3.63) is 42.2 Å². The molecule has 0 amide bonds. The highest BCUT2D eigenvalue weighted by molar-refractivity contribution is 5.80. The van der Waals surface area contributed by atoms with E-state index in [0.29, 0.717) is 12.0 Å². The van der Waals surface area contributed by atoms with Gasteiger partial charge in [0.05, 0.1) is 18.5 Å². The number of hydrogen-bond acceptors (Lipinski definition) is 4. The maximum atomic E-state index is 5.79. The van der Waals surface area contributed by atoms with Crippen molar-refractivity contribution in [2.24, 2.45) is 12.0 Å². The van der Waals surface area contributed by atoms with Crippen molar-refractivity contribution in [2.45, 2.75) is 38.1 Å². The molecule has 2 aromatic rings. The summed E-state index contributed by atoms with van der Waals surface area (Å²) in [5.74, 6) is 2.33. The minimum atomic E-state index is 0.378. The second-order valence-electron chi connectivity index (χ2n) is 7.89. The van der Waals surface area contributed by atoms with E-state index in [1.165, 1.54) is 17.7 Å². The largest absolute Gasteiger partial charge is 0.493 e. The van der Waals surface area contributed by atoms with Gasteiger partial charge in [0.25, 0.3) is 0 Å². The Bertz CT molecular complexity index is 832. The number of fused-ring (bicyclic) bond motifs is 1. The molecule has 2 aliphatic heterocycles. The van der Waals surface area contributed by atoms with Crippen molar-refractivity contribution in [2.75, 3.05) is 37.7 Å². The van der Waals surface area contributed by atoms with Crippen molar-refractivity contribution >= 4 is 11.6 Å². The maximum Gasteiger partial charge on any atom is 0.191 e. The molecule has 0 aliphatic carbocycles. The highest BCUT2D eigenvalue weighted by Gasteiger charge is 2.23. The molecule has 0 bridgehead atoms. The Morgan fingerprint density at radius 1 is 1.31 bits per heavy atom. The minimum absolute atomic E-state index is 0.378. The van der Waals surface area contributed by atoms with Crippen molar-refractivity contribution in [3.63, 3.8) is 0 Å². The van der Waals surface area contributed by atoms with E-state index in [1.54, 1.807) is 0 Å². The van der Waals surface area contributed by atoms with E-state index in [0.717, 1.165) is 57.3 Å². The van der Waals surface area contributed by atoms with Gasteiger partial charge in [-0.15, -0.1) is 0 Å². The Labute approximate surface area is 173 Å². The molecular weight excluding hydrogens is 364 g/mol. The number of rotatable bonds is 5. The van der Waals surface area contributed by atoms with Crippen molar-refractivity contribution < 1.29 is 4.74 Å². The Morgan fingerprint density at radius 2 is 2.21 bits per heavy atom. The summed E-state index contributed by atoms with van der Waals surface area (Å²) in [4.78, 5) is 7.35. The average molecular weight is 397 g/mol. The number of hydrogen-bond donors (Lipinski definition) is 2. The van der Waals surface area contributed by atoms with E-state index >= 15 is 0 Å². The summed E-state index contributed by atoms with van der Waals surface area (Å²) in [6.45, 7) is 6.56. The third-order valence-corrected chi connectivity index (χ3v) is 5.72. The molecule has 1 aromatic heterocycles. The number of aryl methyl sites for hydroxylation is 1. The van der Waals surface area contributed by atoms with Gasteiger partial charge in [0.2, 0.25) is 0 Å². The Hall–Kier alpha value is -2.70. The molecule has 1 saturated heterocycles. The van der Waals surface area contributed by atoms with E-state index in [9.17, 15) is 0 Å². The first-order chi connectivity index (χ1) is 14.2. The number of aromatic nitrogens is 2. The maximum absolute atomic E-state index is 5.79. The summed E-state index contributed by atoms with van der Waals surface area (Å²) >= 11 is 0. The molecule has 4 rings (SSSR count). The van der Waals surface area contributed by atoms with Gasteiger partial charge in [-0.25, -0.2) is 0 Å². The van der Waals surface area contributed by atoms with E-state index in [1.807, 2.05) is 24.0 Å². The van der Waals surface area contributed by atoms with E-state index in [2.05, 4.69) is 52.0 Å². The normalized spacial score (nSPS) is 22.0. The molecule has 156 valence electrons. The summed E-state index contributed by atoms with van der Waals surface area (Å²) in [5, 5.41) is 11.4. The number of anilines is 1. The number of nitrogens with one attached hydrogen (secondary N) is 2. The van der Waals surface area contributed by atoms with Crippen LogP contribution in [0.15, 0.2) is 41.7 Å². The van der Waals surface area contributed by atoms with Crippen LogP contribution in [-0.4, -0.2) is 54.6 Å². The Morgan fingerprint density at radius 3 is 3.03 bits per heavy atom. The van der Waals surface area contributed by atoms with E-state index < -0.39 is 0 Å². The summed E-state index contributed by atoms with van der Waals surface area (Å²) in [6.07, 6.45) is 7.37. The van der Waals surface area contributed by atoms with Crippen LogP contribution in [0.3, 0.4) is 0 Å². The summed E-state index contributed by atoms with van der Waals surface area (Å²) in [5.41, 5.74) is 2.47. The van der Waals surface area contributed by atoms with Gasteiger partial charge in [0.1, 0.15) is 5.75 Å². The standard InChI is InChI=1S/C22H32N6O/c1-3-23-22(24-13-17-10-12-29-21-9-5-4-8-20(17)21)26-18-7-6-11-28(15-18)19-14-25-27(2)16-19/h4-5,8-9,14,16-18H,3,6-7,10-13,15H2,1-2H3,(H2,23,24,26). The molecule has 3 heterocycles. The first-order valence-corrected chi connectivity index (χ1v) is 10.7. The lowest BCUT2D eigenvalue weighted by Crippen LogP contribution is -2.51. The van der Waals surface area contributed by atoms with Crippen LogP contribution in [0, 0.1) is 0 Å². The zero-order valence-electron chi connectivity index (χ0n) is 17.5. The van der Waals surface area contributed by atoms with Gasteiger partial charge >= 0.3 is 0 Å². The van der Waals surface area contributed by atoms with Crippen LogP contribution in [0.2, 0.25) is 0 Å². The highest BCUT2D eigenvalue weighted by atomic mass is 16.5. The van der Waals surface area contributed by atoms with E-state index in [-0.39, 0.29) is 0 Å². The Balaban J connectivity index is 1.40. The Kier molecular flexibility index (Phi) is 6.22. The molecule has 0 spiro atoms. The van der Waals surface area contributed by atoms with Gasteiger partial charge < -0.3 is 20.3 Å². The van der Waals surface area contributed by atoms with E-state index in [4.69, 9.17) is 9.73 Å². The number of para-hydroxylation sites is 1. The van der Waals surface area contributed by atoms with Crippen LogP contribution in [0.5, 0.6) is 5.75 Å². The molecule has 2 atom stereocenters. The fourth-order valence-corrected chi connectivity index (χ4v) is 4.22. The molecule has 2 aliphatic rings. The number of aliphatic imine (C=N–C) groups is 1. The number of ether oxygens (including phenoxy) is 1. The molecule has 0 saturated carbocycles. The van der Waals surface area contributed by atoms with Crippen LogP contribution in [-0.2, 0) is 7.05 Å². The lowest BCUT2D eigenvalue weighted by molar-refractivity contribution is 0.269. The van der Waals surface area contributed by atoms with Gasteiger partial charge in [-0.3, -0.25) is 9.67 Å². The summed E-state index contributed by atoms with van der Waals surface area (Å²) in [6, 6.07) is 8.73. The molecule has 7 heteroatoms. The SMILES string of the molecule is CCNC(=NCC1CCOc2ccccc21)NC1CCCN(c2cnn(C)c2)C1. The molecule has 1 fully saturated rings. The topological polar surface area (TPSA) is 66.7 Å². The van der Waals surface area contributed by atoms with Crippen LogP contribution < -0.4 is 20.3 Å². The molecule has 7 nitrogen and oxygen atoms in total. The fraction of sp³-hybridized carbons (Fsp3) is 0.545. The first kappa shape index (κ1) is 19.6. The highest BCUT2D eigenvalue weighted by Crippen LogP contribution is 2.33. The predicted molar refractivity (Wildman–Crippen MR) is 117 cm³/mol. The number of guanidine groups is 1. The third kappa shape index (κ3) is 4.83. The lowest BCUT2D eigenvalue weighted by atomic mass is 9.93. The zero-order valence-corrected chi connectivity index (χ0v) is 17.5. The van der Waals surface area contributed by atoms with Gasteiger partial charge in [-0.2, -0.15) is 5.10 Å². The monoisotopic (exact) mass is 396 g/mol. The summed E-state index contributed by atoms with van der Waals surface area (Å²) < 4.78 is 7.66. The average Bonchev–Trinajstić information content (AvgIpc) is 3.19. The van der Waals surface area contributed by atoms with Crippen LogP contribution in [0.25, 0.3) is 0 Å². The third-order valence-electron chi connectivity index (χ3n) is 5.72. The van der Waals surface area contributed by atoms with Gasteiger partial charge in [-0.1, -0.05) is 18.2 Å². The molecule has 2 unspecified atom stereocenters.